The molecule has 1 aliphatic carbocycles. The van der Waals surface area contributed by atoms with Gasteiger partial charge in [-0.1, -0.05) is 55.1 Å². The lowest BCUT2D eigenvalue weighted by Crippen LogP contribution is -2.53. The largest absolute Gasteiger partial charge is 0.347 e. The number of likely N-dealkylation sites (tertiary alicyclic amines) is 1. The van der Waals surface area contributed by atoms with E-state index < -0.39 is 5.54 Å². The lowest BCUT2D eigenvalue weighted by Gasteiger charge is -2.43. The Morgan fingerprint density at radius 1 is 1.26 bits per heavy atom. The molecule has 3 aliphatic rings. The molecule has 3 aromatic rings. The molecule has 8 nitrogen and oxygen atoms in total. The van der Waals surface area contributed by atoms with Gasteiger partial charge in [0, 0.05) is 31.7 Å². The average molecular weight is 540 g/mol. The van der Waals surface area contributed by atoms with Crippen LogP contribution in [0.15, 0.2) is 73.5 Å². The average Bonchev–Trinajstić information content (AvgIpc) is 3.32. The van der Waals surface area contributed by atoms with Crippen LogP contribution in [0.4, 0.5) is 16.2 Å². The molecule has 4 heterocycles. The van der Waals surface area contributed by atoms with E-state index in [1.54, 1.807) is 16.0 Å². The normalized spacial score (nSPS) is 22.3. The van der Waals surface area contributed by atoms with Gasteiger partial charge in [0.15, 0.2) is 0 Å². The molecule has 0 spiro atoms. The fourth-order valence-electron chi connectivity index (χ4n) is 5.81. The predicted octanol–water partition coefficient (Wildman–Crippen LogP) is 5.36. The van der Waals surface area contributed by atoms with Crippen LogP contribution in [0.3, 0.4) is 0 Å². The van der Waals surface area contributed by atoms with Crippen molar-refractivity contribution < 1.29 is 14.4 Å². The molecular weight excluding hydrogens is 510 g/mol. The van der Waals surface area contributed by atoms with Gasteiger partial charge in [-0.15, -0.1) is 11.3 Å². The van der Waals surface area contributed by atoms with Gasteiger partial charge in [-0.25, -0.2) is 9.78 Å². The fraction of sp³-hybridized carbons (Fsp3) is 0.267. The molecule has 198 valence electrons. The minimum atomic E-state index is -0.621. The van der Waals surface area contributed by atoms with Crippen LogP contribution in [-0.2, 0) is 4.79 Å². The molecule has 2 unspecified atom stereocenters. The van der Waals surface area contributed by atoms with E-state index in [0.29, 0.717) is 34.9 Å². The monoisotopic (exact) mass is 539 g/mol. The van der Waals surface area contributed by atoms with E-state index >= 15 is 0 Å². The highest BCUT2D eigenvalue weighted by Crippen LogP contribution is 2.47. The number of thiophene rings is 1. The van der Waals surface area contributed by atoms with E-state index in [2.05, 4.69) is 53.4 Å². The molecule has 1 aromatic carbocycles. The Morgan fingerprint density at radius 2 is 2.08 bits per heavy atom. The number of urea groups is 1. The highest BCUT2D eigenvalue weighted by atomic mass is 32.1. The van der Waals surface area contributed by atoms with E-state index in [1.807, 2.05) is 30.3 Å². The molecule has 9 heteroatoms. The summed E-state index contributed by atoms with van der Waals surface area (Å²) in [6.07, 6.45) is 11.4. The second kappa shape index (κ2) is 9.81. The summed E-state index contributed by atoms with van der Waals surface area (Å²) >= 11 is 1.27. The molecule has 1 saturated heterocycles. The smallest absolute Gasteiger partial charge is 0.327 e. The maximum atomic E-state index is 13.7. The summed E-state index contributed by atoms with van der Waals surface area (Å²) in [7, 11) is 0. The van der Waals surface area contributed by atoms with Crippen LogP contribution in [-0.4, -0.2) is 52.4 Å². The first-order valence-corrected chi connectivity index (χ1v) is 13.9. The molecule has 2 aliphatic heterocycles. The standard InChI is InChI=1S/C30H29N5O3S/c1-3-23(36)34-16-8-12-21(18-34)32-27(37)26-25-24-22(13-15-31-28(24)39-26)35(29(38)33-25)30(2)14-7-11-20(17-30)19-9-5-4-6-10-19/h3-7,9-11,13-15,21H,1,8,12,16-18H2,2H3,(H,32,37)(H,33,38). The highest BCUT2D eigenvalue weighted by molar-refractivity contribution is 7.21. The van der Waals surface area contributed by atoms with Crippen LogP contribution < -0.4 is 15.5 Å². The summed E-state index contributed by atoms with van der Waals surface area (Å²) in [6, 6.07) is 11.6. The molecule has 6 rings (SSSR count). The van der Waals surface area contributed by atoms with Crippen molar-refractivity contribution in [3.8, 4) is 0 Å². The van der Waals surface area contributed by atoms with Gasteiger partial charge in [-0.2, -0.15) is 0 Å². The first kappa shape index (κ1) is 25.1. The Labute approximate surface area is 230 Å². The number of hydrogen-bond donors (Lipinski definition) is 2. The topological polar surface area (TPSA) is 94.6 Å². The Kier molecular flexibility index (Phi) is 6.31. The number of nitrogens with one attached hydrogen (secondary N) is 2. The number of pyridine rings is 1. The molecule has 0 bridgehead atoms. The summed E-state index contributed by atoms with van der Waals surface area (Å²) in [5.74, 6) is -0.411. The number of piperidine rings is 1. The van der Waals surface area contributed by atoms with Crippen LogP contribution in [0.5, 0.6) is 0 Å². The summed E-state index contributed by atoms with van der Waals surface area (Å²) in [6.45, 7) is 6.70. The third-order valence-corrected chi connectivity index (χ3v) is 8.75. The molecular formula is C30H29N5O3S. The van der Waals surface area contributed by atoms with Crippen LogP contribution in [0, 0.1) is 0 Å². The van der Waals surface area contributed by atoms with Crippen molar-refractivity contribution in [1.29, 1.82) is 0 Å². The summed E-state index contributed by atoms with van der Waals surface area (Å²) in [5.41, 5.74) is 2.87. The zero-order valence-corrected chi connectivity index (χ0v) is 22.5. The third kappa shape index (κ3) is 4.42. The molecule has 2 aromatic heterocycles. The lowest BCUT2D eigenvalue weighted by atomic mass is 9.83. The zero-order valence-electron chi connectivity index (χ0n) is 21.6. The van der Waals surface area contributed by atoms with Crippen molar-refractivity contribution in [1.82, 2.24) is 15.2 Å². The van der Waals surface area contributed by atoms with Gasteiger partial charge in [0.1, 0.15) is 9.71 Å². The van der Waals surface area contributed by atoms with Gasteiger partial charge in [0.2, 0.25) is 5.91 Å². The molecule has 1 fully saturated rings. The molecule has 0 radical (unpaired) electrons. The summed E-state index contributed by atoms with van der Waals surface area (Å²) < 4.78 is 0. The maximum Gasteiger partial charge on any atom is 0.327 e. The van der Waals surface area contributed by atoms with E-state index in [0.717, 1.165) is 35.1 Å². The number of anilines is 2. The van der Waals surface area contributed by atoms with Gasteiger partial charge in [0.25, 0.3) is 5.91 Å². The number of allylic oxidation sites excluding steroid dienone is 2. The first-order chi connectivity index (χ1) is 18.9. The number of benzene rings is 1. The summed E-state index contributed by atoms with van der Waals surface area (Å²) in [4.78, 5) is 48.4. The second-order valence-corrected chi connectivity index (χ2v) is 11.3. The Bertz CT molecular complexity index is 1560. The van der Waals surface area contributed by atoms with Gasteiger partial charge < -0.3 is 15.5 Å². The molecule has 4 amide bonds. The first-order valence-electron chi connectivity index (χ1n) is 13.1. The lowest BCUT2D eigenvalue weighted by molar-refractivity contribution is -0.127. The van der Waals surface area contributed by atoms with Crippen molar-refractivity contribution in [3.63, 3.8) is 0 Å². The SMILES string of the molecule is C=CC(=O)N1CCCC(NC(=O)c2sc3nccc4c3c2NC(=O)N4C2(C)C=CC=C(c3ccccc3)C2)C1. The highest BCUT2D eigenvalue weighted by Gasteiger charge is 2.42. The van der Waals surface area contributed by atoms with Crippen molar-refractivity contribution in [2.75, 3.05) is 23.3 Å². The number of nitrogens with zero attached hydrogens (tertiary/aromatic N) is 3. The number of carbonyl (C=O) groups is 3. The predicted molar refractivity (Wildman–Crippen MR) is 155 cm³/mol. The zero-order chi connectivity index (χ0) is 27.1. The van der Waals surface area contributed by atoms with E-state index in [-0.39, 0.29) is 23.9 Å². The quantitative estimate of drug-likeness (QED) is 0.427. The van der Waals surface area contributed by atoms with Crippen LogP contribution in [0.1, 0.15) is 41.4 Å². The van der Waals surface area contributed by atoms with Crippen molar-refractivity contribution in [2.45, 2.75) is 37.8 Å². The Balaban J connectivity index is 1.31. The number of aromatic nitrogens is 1. The number of rotatable bonds is 5. The second-order valence-electron chi connectivity index (χ2n) is 10.3. The number of hydrogen-bond acceptors (Lipinski definition) is 5. The number of amides is 4. The van der Waals surface area contributed by atoms with E-state index in [4.69, 9.17) is 0 Å². The van der Waals surface area contributed by atoms with Crippen LogP contribution >= 0.6 is 11.3 Å². The molecule has 2 atom stereocenters. The fourth-order valence-corrected chi connectivity index (χ4v) is 6.83. The number of carbonyl (C=O) groups excluding carboxylic acids is 3. The molecule has 2 N–H and O–H groups in total. The van der Waals surface area contributed by atoms with Crippen molar-refractivity contribution in [2.24, 2.45) is 0 Å². The molecule has 0 saturated carbocycles. The van der Waals surface area contributed by atoms with E-state index in [1.165, 1.54) is 17.4 Å². The van der Waals surface area contributed by atoms with Crippen LogP contribution in [0.2, 0.25) is 0 Å². The van der Waals surface area contributed by atoms with Gasteiger partial charge >= 0.3 is 6.03 Å². The Morgan fingerprint density at radius 3 is 2.87 bits per heavy atom. The van der Waals surface area contributed by atoms with E-state index in [9.17, 15) is 14.4 Å². The van der Waals surface area contributed by atoms with Crippen molar-refractivity contribution >= 4 is 56.3 Å². The minimum absolute atomic E-state index is 0.136. The van der Waals surface area contributed by atoms with Gasteiger partial charge in [-0.05, 0) is 43.0 Å². The molecule has 39 heavy (non-hydrogen) atoms. The van der Waals surface area contributed by atoms with Crippen molar-refractivity contribution in [3.05, 3.63) is 83.9 Å². The summed E-state index contributed by atoms with van der Waals surface area (Å²) in [5, 5.41) is 6.86. The van der Waals surface area contributed by atoms with Gasteiger partial charge in [0.05, 0.1) is 22.3 Å². The third-order valence-electron chi connectivity index (χ3n) is 7.65. The maximum absolute atomic E-state index is 13.7. The van der Waals surface area contributed by atoms with Gasteiger partial charge in [-0.3, -0.25) is 14.5 Å². The minimum Gasteiger partial charge on any atom is -0.347 e. The van der Waals surface area contributed by atoms with Crippen LogP contribution in [0.25, 0.3) is 15.8 Å². The Hall–Kier alpha value is -4.24.